The molecule has 1 heterocycles. The first-order chi connectivity index (χ1) is 9.27. The molecule has 0 aliphatic carbocycles. The van der Waals surface area contributed by atoms with E-state index in [1.165, 1.54) is 6.07 Å². The molecular weight excluding hydrogens is 259 g/mol. The SMILES string of the molecule is Cc1cc(-c2noc(CC(O)C(C)(C)C)n2)ccc1F. The topological polar surface area (TPSA) is 59.2 Å². The number of aliphatic hydroxyl groups is 1. The summed E-state index contributed by atoms with van der Waals surface area (Å²) in [5.74, 6) is 0.522. The van der Waals surface area contributed by atoms with Crippen LogP contribution in [0.2, 0.25) is 0 Å². The molecule has 0 saturated carbocycles. The van der Waals surface area contributed by atoms with E-state index in [1.54, 1.807) is 19.1 Å². The number of benzene rings is 1. The second kappa shape index (κ2) is 5.32. The molecule has 1 aromatic heterocycles. The monoisotopic (exact) mass is 278 g/mol. The van der Waals surface area contributed by atoms with Crippen LogP contribution >= 0.6 is 0 Å². The fraction of sp³-hybridized carbons (Fsp3) is 0.467. The van der Waals surface area contributed by atoms with Gasteiger partial charge in [-0.3, -0.25) is 0 Å². The van der Waals surface area contributed by atoms with Gasteiger partial charge in [0.25, 0.3) is 0 Å². The zero-order chi connectivity index (χ0) is 14.9. The van der Waals surface area contributed by atoms with E-state index < -0.39 is 6.10 Å². The number of hydrogen-bond donors (Lipinski definition) is 1. The summed E-state index contributed by atoms with van der Waals surface area (Å²) in [6, 6.07) is 4.66. The van der Waals surface area contributed by atoms with Crippen LogP contribution in [0.1, 0.15) is 32.2 Å². The Balaban J connectivity index is 2.18. The fourth-order valence-electron chi connectivity index (χ4n) is 1.71. The summed E-state index contributed by atoms with van der Waals surface area (Å²) in [7, 11) is 0. The largest absolute Gasteiger partial charge is 0.392 e. The summed E-state index contributed by atoms with van der Waals surface area (Å²) in [5, 5.41) is 13.9. The summed E-state index contributed by atoms with van der Waals surface area (Å²) in [5.41, 5.74) is 0.980. The van der Waals surface area contributed by atoms with Gasteiger partial charge in [-0.2, -0.15) is 4.98 Å². The molecule has 1 atom stereocenters. The van der Waals surface area contributed by atoms with Crippen molar-refractivity contribution < 1.29 is 14.0 Å². The third kappa shape index (κ3) is 3.22. The van der Waals surface area contributed by atoms with Crippen molar-refractivity contribution in [1.82, 2.24) is 10.1 Å². The molecule has 2 rings (SSSR count). The number of aliphatic hydroxyl groups excluding tert-OH is 1. The van der Waals surface area contributed by atoms with Crippen molar-refractivity contribution in [1.29, 1.82) is 0 Å². The third-order valence-corrected chi connectivity index (χ3v) is 3.25. The van der Waals surface area contributed by atoms with E-state index in [4.69, 9.17) is 4.52 Å². The van der Waals surface area contributed by atoms with Crippen LogP contribution in [0.25, 0.3) is 11.4 Å². The van der Waals surface area contributed by atoms with Crippen molar-refractivity contribution >= 4 is 0 Å². The Hall–Kier alpha value is -1.75. The Kier molecular flexibility index (Phi) is 3.90. The smallest absolute Gasteiger partial charge is 0.229 e. The molecule has 2 aromatic rings. The van der Waals surface area contributed by atoms with Gasteiger partial charge in [0.05, 0.1) is 12.5 Å². The summed E-state index contributed by atoms with van der Waals surface area (Å²) in [6.07, 6.45) is -0.262. The molecule has 0 aliphatic rings. The Bertz CT molecular complexity index is 602. The van der Waals surface area contributed by atoms with Crippen molar-refractivity contribution in [3.05, 3.63) is 35.5 Å². The number of rotatable bonds is 3. The Morgan fingerprint density at radius 3 is 2.65 bits per heavy atom. The Morgan fingerprint density at radius 1 is 1.35 bits per heavy atom. The lowest BCUT2D eigenvalue weighted by Crippen LogP contribution is -2.28. The molecule has 0 spiro atoms. The predicted molar refractivity (Wildman–Crippen MR) is 73.6 cm³/mol. The molecule has 1 N–H and O–H groups in total. The zero-order valence-electron chi connectivity index (χ0n) is 12.1. The van der Waals surface area contributed by atoms with Crippen LogP contribution in [0.3, 0.4) is 0 Å². The predicted octanol–water partition coefficient (Wildman–Crippen LogP) is 3.13. The first-order valence-electron chi connectivity index (χ1n) is 6.54. The summed E-state index contributed by atoms with van der Waals surface area (Å²) in [4.78, 5) is 4.24. The van der Waals surface area contributed by atoms with Crippen molar-refractivity contribution in [2.75, 3.05) is 0 Å². The van der Waals surface area contributed by atoms with Crippen molar-refractivity contribution in [2.45, 2.75) is 40.2 Å². The van der Waals surface area contributed by atoms with Crippen LogP contribution in [0.4, 0.5) is 4.39 Å². The van der Waals surface area contributed by atoms with Gasteiger partial charge in [-0.25, -0.2) is 4.39 Å². The van der Waals surface area contributed by atoms with Gasteiger partial charge in [0.1, 0.15) is 5.82 Å². The van der Waals surface area contributed by atoms with Gasteiger partial charge in [0.2, 0.25) is 11.7 Å². The van der Waals surface area contributed by atoms with Gasteiger partial charge in [0.15, 0.2) is 0 Å². The van der Waals surface area contributed by atoms with E-state index in [2.05, 4.69) is 10.1 Å². The number of nitrogens with zero attached hydrogens (tertiary/aromatic N) is 2. The van der Waals surface area contributed by atoms with Crippen LogP contribution < -0.4 is 0 Å². The molecule has 20 heavy (non-hydrogen) atoms. The minimum absolute atomic E-state index is 0.249. The van der Waals surface area contributed by atoms with Crippen LogP contribution in [0.15, 0.2) is 22.7 Å². The summed E-state index contributed by atoms with van der Waals surface area (Å²) in [6.45, 7) is 7.51. The fourth-order valence-corrected chi connectivity index (χ4v) is 1.71. The van der Waals surface area contributed by atoms with Gasteiger partial charge in [-0.15, -0.1) is 0 Å². The second-order valence-corrected chi connectivity index (χ2v) is 6.06. The van der Waals surface area contributed by atoms with Gasteiger partial charge in [-0.05, 0) is 36.1 Å². The molecule has 1 aromatic carbocycles. The Labute approximate surface area is 117 Å². The van der Waals surface area contributed by atoms with Gasteiger partial charge in [-0.1, -0.05) is 25.9 Å². The van der Waals surface area contributed by atoms with E-state index in [0.717, 1.165) is 0 Å². The van der Waals surface area contributed by atoms with Gasteiger partial charge in [0, 0.05) is 5.56 Å². The highest BCUT2D eigenvalue weighted by Crippen LogP contribution is 2.23. The number of aromatic nitrogens is 2. The van der Waals surface area contributed by atoms with E-state index in [9.17, 15) is 9.50 Å². The lowest BCUT2D eigenvalue weighted by atomic mass is 9.87. The zero-order valence-corrected chi connectivity index (χ0v) is 12.1. The minimum atomic E-state index is -0.564. The quantitative estimate of drug-likeness (QED) is 0.937. The lowest BCUT2D eigenvalue weighted by Gasteiger charge is -2.24. The van der Waals surface area contributed by atoms with E-state index in [-0.39, 0.29) is 11.2 Å². The average molecular weight is 278 g/mol. The van der Waals surface area contributed by atoms with E-state index >= 15 is 0 Å². The molecule has 0 fully saturated rings. The van der Waals surface area contributed by atoms with Crippen molar-refractivity contribution in [3.63, 3.8) is 0 Å². The summed E-state index contributed by atoms with van der Waals surface area (Å²) >= 11 is 0. The minimum Gasteiger partial charge on any atom is -0.392 e. The van der Waals surface area contributed by atoms with Crippen molar-refractivity contribution in [3.8, 4) is 11.4 Å². The Morgan fingerprint density at radius 2 is 2.05 bits per heavy atom. The maximum atomic E-state index is 13.2. The van der Waals surface area contributed by atoms with E-state index in [1.807, 2.05) is 20.8 Å². The molecule has 108 valence electrons. The van der Waals surface area contributed by atoms with Gasteiger partial charge < -0.3 is 9.63 Å². The first kappa shape index (κ1) is 14.7. The van der Waals surface area contributed by atoms with Crippen LogP contribution in [0, 0.1) is 18.2 Å². The highest BCUT2D eigenvalue weighted by Gasteiger charge is 2.24. The van der Waals surface area contributed by atoms with Crippen LogP contribution in [0.5, 0.6) is 0 Å². The summed E-state index contributed by atoms with van der Waals surface area (Å²) < 4.78 is 18.4. The highest BCUT2D eigenvalue weighted by atomic mass is 19.1. The number of halogens is 1. The molecular formula is C15H19FN2O2. The molecule has 4 nitrogen and oxygen atoms in total. The molecule has 0 bridgehead atoms. The maximum Gasteiger partial charge on any atom is 0.229 e. The molecule has 1 unspecified atom stereocenters. The molecule has 0 aliphatic heterocycles. The first-order valence-corrected chi connectivity index (χ1v) is 6.54. The van der Waals surface area contributed by atoms with Crippen LogP contribution in [-0.2, 0) is 6.42 Å². The average Bonchev–Trinajstić information content (AvgIpc) is 2.80. The van der Waals surface area contributed by atoms with Crippen molar-refractivity contribution in [2.24, 2.45) is 5.41 Å². The van der Waals surface area contributed by atoms with Gasteiger partial charge >= 0.3 is 0 Å². The highest BCUT2D eigenvalue weighted by molar-refractivity contribution is 5.55. The normalized spacial score (nSPS) is 13.5. The second-order valence-electron chi connectivity index (χ2n) is 6.06. The standard InChI is InChI=1S/C15H19FN2O2/c1-9-7-10(5-6-11(9)16)14-17-13(20-18-14)8-12(19)15(2,3)4/h5-7,12,19H,8H2,1-4H3. The molecule has 0 amide bonds. The van der Waals surface area contributed by atoms with E-state index in [0.29, 0.717) is 29.3 Å². The third-order valence-electron chi connectivity index (χ3n) is 3.25. The van der Waals surface area contributed by atoms with Crippen LogP contribution in [-0.4, -0.2) is 21.4 Å². The number of hydrogen-bond acceptors (Lipinski definition) is 4. The molecule has 5 heteroatoms. The molecule has 0 saturated heterocycles. The number of aryl methyl sites for hydroxylation is 1. The lowest BCUT2D eigenvalue weighted by molar-refractivity contribution is 0.0565. The molecule has 0 radical (unpaired) electrons. The maximum absolute atomic E-state index is 13.2.